The van der Waals surface area contributed by atoms with Crippen LogP contribution in [0.25, 0.3) is 11.0 Å². The standard InChI is InChI=1S/C19H21N3O2/c1-14-21-17-5-3-4-6-18(17)22(14)13-19(23)20-12-11-15-7-9-16(24-2)10-8-15/h3-10H,11-13H2,1-2H3,(H,20,23). The molecule has 0 fully saturated rings. The molecule has 2 aromatic carbocycles. The SMILES string of the molecule is COc1ccc(CCNC(=O)Cn2c(C)nc3ccccc32)cc1. The predicted molar refractivity (Wildman–Crippen MR) is 94.2 cm³/mol. The monoisotopic (exact) mass is 323 g/mol. The Morgan fingerprint density at radius 3 is 2.67 bits per heavy atom. The van der Waals surface area contributed by atoms with Gasteiger partial charge in [0, 0.05) is 6.54 Å². The van der Waals surface area contributed by atoms with E-state index in [1.807, 2.05) is 60.0 Å². The highest BCUT2D eigenvalue weighted by Gasteiger charge is 2.10. The molecule has 3 rings (SSSR count). The van der Waals surface area contributed by atoms with Gasteiger partial charge in [-0.15, -0.1) is 0 Å². The first-order valence-corrected chi connectivity index (χ1v) is 7.99. The van der Waals surface area contributed by atoms with E-state index in [4.69, 9.17) is 4.74 Å². The zero-order valence-corrected chi connectivity index (χ0v) is 14.0. The molecular weight excluding hydrogens is 302 g/mol. The van der Waals surface area contributed by atoms with Crippen LogP contribution in [0.2, 0.25) is 0 Å². The number of nitrogens with zero attached hydrogens (tertiary/aromatic N) is 2. The van der Waals surface area contributed by atoms with E-state index < -0.39 is 0 Å². The van der Waals surface area contributed by atoms with Gasteiger partial charge in [0.25, 0.3) is 0 Å². The Hall–Kier alpha value is -2.82. The van der Waals surface area contributed by atoms with E-state index in [9.17, 15) is 4.79 Å². The van der Waals surface area contributed by atoms with Gasteiger partial charge in [0.05, 0.1) is 18.1 Å². The first-order valence-electron chi connectivity index (χ1n) is 7.99. The van der Waals surface area contributed by atoms with Crippen LogP contribution in [0.4, 0.5) is 0 Å². The number of carbonyl (C=O) groups excluding carboxylic acids is 1. The molecule has 0 aliphatic carbocycles. The van der Waals surface area contributed by atoms with Gasteiger partial charge >= 0.3 is 0 Å². The second-order valence-corrected chi connectivity index (χ2v) is 5.68. The molecular formula is C19H21N3O2. The lowest BCUT2D eigenvalue weighted by atomic mass is 10.1. The van der Waals surface area contributed by atoms with Crippen molar-refractivity contribution in [2.45, 2.75) is 19.9 Å². The normalized spacial score (nSPS) is 10.8. The van der Waals surface area contributed by atoms with Crippen molar-refractivity contribution in [3.8, 4) is 5.75 Å². The topological polar surface area (TPSA) is 56.1 Å². The number of fused-ring (bicyclic) bond motifs is 1. The zero-order valence-electron chi connectivity index (χ0n) is 14.0. The fraction of sp³-hybridized carbons (Fsp3) is 0.263. The minimum atomic E-state index is -0.00485. The van der Waals surface area contributed by atoms with Crippen molar-refractivity contribution in [2.24, 2.45) is 0 Å². The molecule has 1 aromatic heterocycles. The molecule has 0 bridgehead atoms. The van der Waals surface area contributed by atoms with Crippen molar-refractivity contribution in [3.63, 3.8) is 0 Å². The largest absolute Gasteiger partial charge is 0.497 e. The molecule has 0 aliphatic heterocycles. The fourth-order valence-electron chi connectivity index (χ4n) is 2.73. The first kappa shape index (κ1) is 16.1. The molecule has 3 aromatic rings. The number of imidazole rings is 1. The van der Waals surface area contributed by atoms with Crippen molar-refractivity contribution >= 4 is 16.9 Å². The number of aryl methyl sites for hydroxylation is 1. The molecule has 1 N–H and O–H groups in total. The van der Waals surface area contributed by atoms with Crippen LogP contribution < -0.4 is 10.1 Å². The Kier molecular flexibility index (Phi) is 4.79. The van der Waals surface area contributed by atoms with E-state index in [1.165, 1.54) is 5.56 Å². The van der Waals surface area contributed by atoms with Crippen LogP contribution >= 0.6 is 0 Å². The van der Waals surface area contributed by atoms with E-state index >= 15 is 0 Å². The molecule has 0 radical (unpaired) electrons. The molecule has 1 heterocycles. The van der Waals surface area contributed by atoms with Gasteiger partial charge in [0.2, 0.25) is 5.91 Å². The quantitative estimate of drug-likeness (QED) is 0.759. The smallest absolute Gasteiger partial charge is 0.240 e. The maximum absolute atomic E-state index is 12.2. The first-order chi connectivity index (χ1) is 11.7. The van der Waals surface area contributed by atoms with E-state index in [2.05, 4.69) is 10.3 Å². The van der Waals surface area contributed by atoms with Gasteiger partial charge in [0.1, 0.15) is 18.1 Å². The lowest BCUT2D eigenvalue weighted by Gasteiger charge is -2.09. The molecule has 0 aliphatic rings. The highest BCUT2D eigenvalue weighted by Crippen LogP contribution is 2.15. The van der Waals surface area contributed by atoms with E-state index in [1.54, 1.807) is 7.11 Å². The van der Waals surface area contributed by atoms with Crippen LogP contribution in [0.5, 0.6) is 5.75 Å². The predicted octanol–water partition coefficient (Wildman–Crippen LogP) is 2.71. The minimum Gasteiger partial charge on any atom is -0.497 e. The van der Waals surface area contributed by atoms with Crippen LogP contribution in [-0.2, 0) is 17.8 Å². The molecule has 124 valence electrons. The Morgan fingerprint density at radius 2 is 1.92 bits per heavy atom. The highest BCUT2D eigenvalue weighted by molar-refractivity contribution is 5.81. The van der Waals surface area contributed by atoms with Crippen molar-refractivity contribution in [3.05, 3.63) is 59.9 Å². The lowest BCUT2D eigenvalue weighted by molar-refractivity contribution is -0.121. The number of nitrogens with one attached hydrogen (secondary N) is 1. The Balaban J connectivity index is 1.56. The summed E-state index contributed by atoms with van der Waals surface area (Å²) in [6.07, 6.45) is 0.791. The fourth-order valence-corrected chi connectivity index (χ4v) is 2.73. The Bertz CT molecular complexity index is 837. The van der Waals surface area contributed by atoms with Crippen molar-refractivity contribution in [2.75, 3.05) is 13.7 Å². The number of hydrogen-bond acceptors (Lipinski definition) is 3. The number of rotatable bonds is 6. The summed E-state index contributed by atoms with van der Waals surface area (Å²) < 4.78 is 7.08. The summed E-state index contributed by atoms with van der Waals surface area (Å²) in [6.45, 7) is 2.82. The minimum absolute atomic E-state index is 0.00485. The number of methoxy groups -OCH3 is 1. The summed E-state index contributed by atoms with van der Waals surface area (Å²) in [6, 6.07) is 15.7. The number of ether oxygens (including phenoxy) is 1. The van der Waals surface area contributed by atoms with Crippen LogP contribution in [0.3, 0.4) is 0 Å². The molecule has 0 unspecified atom stereocenters. The molecule has 0 spiro atoms. The molecule has 0 saturated carbocycles. The number of aromatic nitrogens is 2. The number of amides is 1. The molecule has 24 heavy (non-hydrogen) atoms. The van der Waals surface area contributed by atoms with Crippen molar-refractivity contribution < 1.29 is 9.53 Å². The van der Waals surface area contributed by atoms with Gasteiger partial charge in [-0.05, 0) is 43.2 Å². The van der Waals surface area contributed by atoms with E-state index in [-0.39, 0.29) is 12.5 Å². The summed E-state index contributed by atoms with van der Waals surface area (Å²) in [7, 11) is 1.65. The van der Waals surface area contributed by atoms with Crippen molar-refractivity contribution in [1.82, 2.24) is 14.9 Å². The number of hydrogen-bond donors (Lipinski definition) is 1. The second-order valence-electron chi connectivity index (χ2n) is 5.68. The average Bonchev–Trinajstić information content (AvgIpc) is 2.91. The molecule has 5 nitrogen and oxygen atoms in total. The van der Waals surface area contributed by atoms with Crippen molar-refractivity contribution in [1.29, 1.82) is 0 Å². The second kappa shape index (κ2) is 7.17. The van der Waals surface area contributed by atoms with Gasteiger partial charge in [-0.2, -0.15) is 0 Å². The van der Waals surface area contributed by atoms with Crippen LogP contribution in [0, 0.1) is 6.92 Å². The summed E-state index contributed by atoms with van der Waals surface area (Å²) in [5, 5.41) is 2.97. The maximum atomic E-state index is 12.2. The number of para-hydroxylation sites is 2. The summed E-state index contributed by atoms with van der Waals surface area (Å²) in [5.74, 6) is 1.68. The van der Waals surface area contributed by atoms with Gasteiger partial charge < -0.3 is 14.6 Å². The van der Waals surface area contributed by atoms with Crippen LogP contribution in [-0.4, -0.2) is 29.1 Å². The third-order valence-electron chi connectivity index (χ3n) is 4.04. The Morgan fingerprint density at radius 1 is 1.17 bits per heavy atom. The summed E-state index contributed by atoms with van der Waals surface area (Å²) >= 11 is 0. The van der Waals surface area contributed by atoms with Crippen LogP contribution in [0.1, 0.15) is 11.4 Å². The zero-order chi connectivity index (χ0) is 16.9. The van der Waals surface area contributed by atoms with Gasteiger partial charge in [0.15, 0.2) is 0 Å². The highest BCUT2D eigenvalue weighted by atomic mass is 16.5. The average molecular weight is 323 g/mol. The number of carbonyl (C=O) groups is 1. The van der Waals surface area contributed by atoms with Crippen LogP contribution in [0.15, 0.2) is 48.5 Å². The molecule has 5 heteroatoms. The molecule has 1 amide bonds. The third kappa shape index (κ3) is 3.56. The molecule has 0 saturated heterocycles. The van der Waals surface area contributed by atoms with E-state index in [0.717, 1.165) is 29.0 Å². The number of benzene rings is 2. The van der Waals surface area contributed by atoms with Gasteiger partial charge in [-0.3, -0.25) is 4.79 Å². The Labute approximate surface area is 141 Å². The summed E-state index contributed by atoms with van der Waals surface area (Å²) in [5.41, 5.74) is 3.07. The van der Waals surface area contributed by atoms with Gasteiger partial charge in [-0.25, -0.2) is 4.98 Å². The summed E-state index contributed by atoms with van der Waals surface area (Å²) in [4.78, 5) is 16.7. The third-order valence-corrected chi connectivity index (χ3v) is 4.04. The van der Waals surface area contributed by atoms with Gasteiger partial charge in [-0.1, -0.05) is 24.3 Å². The van der Waals surface area contributed by atoms with E-state index in [0.29, 0.717) is 6.54 Å². The lowest BCUT2D eigenvalue weighted by Crippen LogP contribution is -2.29. The molecule has 0 atom stereocenters. The maximum Gasteiger partial charge on any atom is 0.240 e.